The lowest BCUT2D eigenvalue weighted by atomic mass is 10.2. The van der Waals surface area contributed by atoms with Gasteiger partial charge in [-0.2, -0.15) is 5.10 Å². The van der Waals surface area contributed by atoms with E-state index in [2.05, 4.69) is 15.3 Å². The number of hydrogen-bond acceptors (Lipinski definition) is 3. The van der Waals surface area contributed by atoms with Gasteiger partial charge in [-0.1, -0.05) is 30.3 Å². The molecule has 0 aliphatic carbocycles. The van der Waals surface area contributed by atoms with E-state index < -0.39 is 0 Å². The third-order valence-corrected chi connectivity index (χ3v) is 3.10. The summed E-state index contributed by atoms with van der Waals surface area (Å²) in [6, 6.07) is 9.82. The highest BCUT2D eigenvalue weighted by atomic mass is 35.5. The molecule has 0 saturated carbocycles. The van der Waals surface area contributed by atoms with Crippen molar-refractivity contribution in [3.63, 3.8) is 0 Å². The minimum absolute atomic E-state index is 0.328. The van der Waals surface area contributed by atoms with Gasteiger partial charge >= 0.3 is 0 Å². The van der Waals surface area contributed by atoms with E-state index >= 15 is 0 Å². The van der Waals surface area contributed by atoms with Gasteiger partial charge in [0.25, 0.3) is 0 Å². The van der Waals surface area contributed by atoms with Crippen molar-refractivity contribution in [2.45, 2.75) is 13.5 Å². The number of rotatable bonds is 3. The van der Waals surface area contributed by atoms with Crippen molar-refractivity contribution in [1.82, 2.24) is 24.5 Å². The van der Waals surface area contributed by atoms with Crippen LogP contribution in [0, 0.1) is 0 Å². The predicted molar refractivity (Wildman–Crippen MR) is 73.3 cm³/mol. The van der Waals surface area contributed by atoms with Crippen LogP contribution in [0.2, 0.25) is 5.28 Å². The van der Waals surface area contributed by atoms with Gasteiger partial charge in [-0.3, -0.25) is 9.25 Å². The normalized spacial score (nSPS) is 10.8. The van der Waals surface area contributed by atoms with Crippen molar-refractivity contribution in [2.24, 2.45) is 0 Å². The quantitative estimate of drug-likeness (QED) is 0.737. The summed E-state index contributed by atoms with van der Waals surface area (Å²) in [5, 5.41) is 12.7. The highest BCUT2D eigenvalue weighted by molar-refractivity contribution is 6.28. The summed E-state index contributed by atoms with van der Waals surface area (Å²) < 4.78 is 3.62. The maximum atomic E-state index is 6.13. The Morgan fingerprint density at radius 3 is 2.63 bits per heavy atom. The second kappa shape index (κ2) is 4.85. The Morgan fingerprint density at radius 1 is 1.16 bits per heavy atom. The molecule has 96 valence electrons. The van der Waals surface area contributed by atoms with Crippen LogP contribution >= 0.6 is 11.6 Å². The molecule has 2 heterocycles. The van der Waals surface area contributed by atoms with E-state index in [1.807, 2.05) is 48.1 Å². The third kappa shape index (κ3) is 2.13. The van der Waals surface area contributed by atoms with E-state index in [0.29, 0.717) is 11.1 Å². The molecule has 3 rings (SSSR count). The van der Waals surface area contributed by atoms with E-state index in [9.17, 15) is 0 Å². The molecule has 3 aromatic rings. The fourth-order valence-corrected chi connectivity index (χ4v) is 2.12. The fraction of sp³-hybridized carbons (Fsp3) is 0.154. The van der Waals surface area contributed by atoms with Crippen LogP contribution in [-0.2, 0) is 6.54 Å². The second-order valence-corrected chi connectivity index (χ2v) is 4.39. The second-order valence-electron chi connectivity index (χ2n) is 4.05. The van der Waals surface area contributed by atoms with Crippen LogP contribution in [0.5, 0.6) is 0 Å². The molecule has 0 aliphatic rings. The number of halogens is 1. The summed E-state index contributed by atoms with van der Waals surface area (Å²) in [5.74, 6) is 0.709. The van der Waals surface area contributed by atoms with E-state index in [4.69, 9.17) is 11.6 Å². The van der Waals surface area contributed by atoms with Crippen LogP contribution in [0.25, 0.3) is 17.1 Å². The summed E-state index contributed by atoms with van der Waals surface area (Å²) in [6.45, 7) is 2.84. The van der Waals surface area contributed by atoms with Crippen LogP contribution in [0.3, 0.4) is 0 Å². The molecule has 0 saturated heterocycles. The van der Waals surface area contributed by atoms with E-state index in [0.717, 1.165) is 17.8 Å². The van der Waals surface area contributed by atoms with Crippen LogP contribution in [0.4, 0.5) is 0 Å². The third-order valence-electron chi connectivity index (χ3n) is 2.86. The molecule has 0 aliphatic heterocycles. The van der Waals surface area contributed by atoms with E-state index in [1.54, 1.807) is 10.8 Å². The lowest BCUT2D eigenvalue weighted by Gasteiger charge is -2.04. The molecule has 6 heteroatoms. The van der Waals surface area contributed by atoms with Crippen LogP contribution in [0.15, 0.2) is 42.7 Å². The van der Waals surface area contributed by atoms with Gasteiger partial charge in [-0.25, -0.2) is 0 Å². The van der Waals surface area contributed by atoms with Crippen molar-refractivity contribution < 1.29 is 0 Å². The Kier molecular flexibility index (Phi) is 3.05. The zero-order chi connectivity index (χ0) is 13.2. The smallest absolute Gasteiger partial charge is 0.230 e. The van der Waals surface area contributed by atoms with Crippen LogP contribution in [-0.4, -0.2) is 24.5 Å². The Labute approximate surface area is 115 Å². The standard InChI is InChI=1S/C13H12ClN5/c1-2-18-9-11(8-15-18)19-12(16-17-13(19)14)10-6-4-3-5-7-10/h3-9H,2H2,1H3. The summed E-state index contributed by atoms with van der Waals surface area (Å²) >= 11 is 6.13. The summed E-state index contributed by atoms with van der Waals surface area (Å²) in [6.07, 6.45) is 3.67. The number of hydrogen-bond donors (Lipinski definition) is 0. The van der Waals surface area contributed by atoms with Crippen molar-refractivity contribution in [3.8, 4) is 17.1 Å². The van der Waals surface area contributed by atoms with Crippen molar-refractivity contribution >= 4 is 11.6 Å². The van der Waals surface area contributed by atoms with Crippen LogP contribution in [0.1, 0.15) is 6.92 Å². The zero-order valence-corrected chi connectivity index (χ0v) is 11.1. The monoisotopic (exact) mass is 273 g/mol. The highest BCUT2D eigenvalue weighted by Crippen LogP contribution is 2.24. The Morgan fingerprint density at radius 2 is 1.95 bits per heavy atom. The number of benzene rings is 1. The molecule has 5 nitrogen and oxygen atoms in total. The van der Waals surface area contributed by atoms with Crippen molar-refractivity contribution in [2.75, 3.05) is 0 Å². The van der Waals surface area contributed by atoms with Gasteiger partial charge in [0.15, 0.2) is 5.82 Å². The first-order valence-electron chi connectivity index (χ1n) is 5.98. The number of nitrogens with zero attached hydrogens (tertiary/aromatic N) is 5. The molecular formula is C13H12ClN5. The topological polar surface area (TPSA) is 48.5 Å². The Hall–Kier alpha value is -2.14. The Bertz CT molecular complexity index is 686. The highest BCUT2D eigenvalue weighted by Gasteiger charge is 2.14. The first-order valence-corrected chi connectivity index (χ1v) is 6.36. The summed E-state index contributed by atoms with van der Waals surface area (Å²) in [7, 11) is 0. The molecule has 0 bridgehead atoms. The minimum Gasteiger partial charge on any atom is -0.271 e. The minimum atomic E-state index is 0.328. The predicted octanol–water partition coefficient (Wildman–Crippen LogP) is 2.80. The molecule has 0 atom stereocenters. The first-order chi connectivity index (χ1) is 9.29. The average molecular weight is 274 g/mol. The molecule has 0 unspecified atom stereocenters. The molecule has 2 aromatic heterocycles. The summed E-state index contributed by atoms with van der Waals surface area (Å²) in [5.41, 5.74) is 1.82. The van der Waals surface area contributed by atoms with Crippen molar-refractivity contribution in [1.29, 1.82) is 0 Å². The SMILES string of the molecule is CCn1cc(-n2c(Cl)nnc2-c2ccccc2)cn1. The van der Waals surface area contributed by atoms with Crippen molar-refractivity contribution in [3.05, 3.63) is 48.0 Å². The largest absolute Gasteiger partial charge is 0.271 e. The lowest BCUT2D eigenvalue weighted by molar-refractivity contribution is 0.659. The molecule has 0 N–H and O–H groups in total. The maximum Gasteiger partial charge on any atom is 0.230 e. The first kappa shape index (κ1) is 11.9. The molecule has 19 heavy (non-hydrogen) atoms. The van der Waals surface area contributed by atoms with Gasteiger partial charge in [0.05, 0.1) is 11.9 Å². The van der Waals surface area contributed by atoms with E-state index in [-0.39, 0.29) is 0 Å². The lowest BCUT2D eigenvalue weighted by Crippen LogP contribution is -1.97. The molecular weight excluding hydrogens is 262 g/mol. The van der Waals surface area contributed by atoms with Gasteiger partial charge in [0.1, 0.15) is 0 Å². The number of aryl methyl sites for hydroxylation is 1. The average Bonchev–Trinajstić information content (AvgIpc) is 3.05. The molecule has 0 radical (unpaired) electrons. The maximum absolute atomic E-state index is 6.13. The van der Waals surface area contributed by atoms with Gasteiger partial charge in [0, 0.05) is 18.3 Å². The van der Waals surface area contributed by atoms with Crippen LogP contribution < -0.4 is 0 Å². The molecule has 0 spiro atoms. The Balaban J connectivity index is 2.14. The summed E-state index contributed by atoms with van der Waals surface area (Å²) in [4.78, 5) is 0. The van der Waals surface area contributed by atoms with Gasteiger partial charge < -0.3 is 0 Å². The zero-order valence-electron chi connectivity index (χ0n) is 10.4. The fourth-order valence-electron chi connectivity index (χ4n) is 1.91. The molecule has 1 aromatic carbocycles. The van der Waals surface area contributed by atoms with Gasteiger partial charge in [-0.05, 0) is 18.5 Å². The molecule has 0 amide bonds. The van der Waals surface area contributed by atoms with Gasteiger partial charge in [-0.15, -0.1) is 10.2 Å². The van der Waals surface area contributed by atoms with Gasteiger partial charge in [0.2, 0.25) is 5.28 Å². The van der Waals surface area contributed by atoms with E-state index in [1.165, 1.54) is 0 Å². The number of aromatic nitrogens is 5. The molecule has 0 fully saturated rings.